The Balaban J connectivity index is 0.00000208. The molecule has 0 amide bonds. The van der Waals surface area contributed by atoms with Crippen LogP contribution in [0.2, 0.25) is 0 Å². The molecule has 0 spiro atoms. The summed E-state index contributed by atoms with van der Waals surface area (Å²) in [7, 11) is 0. The first-order valence-corrected chi connectivity index (χ1v) is 7.83. The third-order valence-corrected chi connectivity index (χ3v) is 4.15. The van der Waals surface area contributed by atoms with Gasteiger partial charge in [-0.05, 0) is 41.8 Å². The molecule has 0 saturated heterocycles. The van der Waals surface area contributed by atoms with E-state index < -0.39 is 0 Å². The molecule has 24 heavy (non-hydrogen) atoms. The summed E-state index contributed by atoms with van der Waals surface area (Å²) in [5.74, 6) is 0.768. The molecule has 0 bridgehead atoms. The van der Waals surface area contributed by atoms with Crippen molar-refractivity contribution in [2.45, 2.75) is 13.0 Å². The van der Waals surface area contributed by atoms with Crippen LogP contribution in [0, 0.1) is 0 Å². The van der Waals surface area contributed by atoms with E-state index >= 15 is 0 Å². The summed E-state index contributed by atoms with van der Waals surface area (Å²) in [5.41, 5.74) is 9.75. The van der Waals surface area contributed by atoms with Gasteiger partial charge in [0.15, 0.2) is 0 Å². The Kier molecular flexibility index (Phi) is 6.64. The van der Waals surface area contributed by atoms with Gasteiger partial charge in [-0.2, -0.15) is 0 Å². The third kappa shape index (κ3) is 4.28. The smallest absolute Gasteiger partial charge is 0.120 e. The molecular formula is C19H22ClFN2O. The maximum Gasteiger partial charge on any atom is 0.120 e. The van der Waals surface area contributed by atoms with Crippen molar-refractivity contribution < 1.29 is 9.13 Å². The number of hydrogen-bond donors (Lipinski definition) is 1. The van der Waals surface area contributed by atoms with Crippen LogP contribution in [0.3, 0.4) is 0 Å². The molecule has 2 N–H and O–H groups in total. The highest BCUT2D eigenvalue weighted by Crippen LogP contribution is 2.27. The molecule has 3 rings (SSSR count). The molecular weight excluding hydrogens is 327 g/mol. The van der Waals surface area contributed by atoms with E-state index in [1.54, 1.807) is 0 Å². The maximum atomic E-state index is 12.5. The van der Waals surface area contributed by atoms with Crippen LogP contribution in [-0.2, 0) is 13.0 Å². The van der Waals surface area contributed by atoms with Gasteiger partial charge in [0.2, 0.25) is 0 Å². The molecule has 128 valence electrons. The molecule has 0 aliphatic carbocycles. The van der Waals surface area contributed by atoms with Crippen molar-refractivity contribution in [2.75, 3.05) is 24.6 Å². The fourth-order valence-corrected chi connectivity index (χ4v) is 2.79. The number of ether oxygens (including phenoxy) is 1. The molecule has 2 aromatic carbocycles. The Bertz CT molecular complexity index is 691. The third-order valence-electron chi connectivity index (χ3n) is 4.15. The second-order valence-corrected chi connectivity index (χ2v) is 5.70. The largest absolute Gasteiger partial charge is 0.489 e. The number of nitrogens with two attached hydrogens (primary N) is 1. The number of halogens is 2. The molecule has 1 heterocycles. The summed E-state index contributed by atoms with van der Waals surface area (Å²) in [6.07, 6.45) is 1.50. The molecule has 0 unspecified atom stereocenters. The van der Waals surface area contributed by atoms with E-state index in [9.17, 15) is 4.39 Å². The lowest BCUT2D eigenvalue weighted by molar-refractivity contribution is 0.347. The SMILES string of the molecule is Cl.NC/C(=C/F)COc1ccc2c(c1)CCN(c1ccccc1)C2. The van der Waals surface area contributed by atoms with Crippen LogP contribution in [0.1, 0.15) is 11.1 Å². The summed E-state index contributed by atoms with van der Waals surface area (Å²) in [6, 6.07) is 16.5. The monoisotopic (exact) mass is 348 g/mol. The topological polar surface area (TPSA) is 38.5 Å². The van der Waals surface area contributed by atoms with Crippen molar-refractivity contribution in [1.29, 1.82) is 0 Å². The number of para-hydroxylation sites is 1. The summed E-state index contributed by atoms with van der Waals surface area (Å²) >= 11 is 0. The van der Waals surface area contributed by atoms with Gasteiger partial charge in [0.05, 0.1) is 6.33 Å². The highest BCUT2D eigenvalue weighted by Gasteiger charge is 2.17. The van der Waals surface area contributed by atoms with E-state index in [4.69, 9.17) is 10.5 Å². The van der Waals surface area contributed by atoms with Gasteiger partial charge < -0.3 is 15.4 Å². The van der Waals surface area contributed by atoms with Crippen LogP contribution in [0.15, 0.2) is 60.4 Å². The molecule has 0 saturated carbocycles. The Hall–Kier alpha value is -2.04. The molecule has 5 heteroatoms. The van der Waals surface area contributed by atoms with Gasteiger partial charge in [0, 0.05) is 30.9 Å². The van der Waals surface area contributed by atoms with Gasteiger partial charge in [-0.3, -0.25) is 0 Å². The van der Waals surface area contributed by atoms with Crippen LogP contribution in [0.5, 0.6) is 5.75 Å². The first-order valence-electron chi connectivity index (χ1n) is 7.83. The van der Waals surface area contributed by atoms with Gasteiger partial charge in [-0.25, -0.2) is 4.39 Å². The minimum absolute atomic E-state index is 0. The average molecular weight is 349 g/mol. The van der Waals surface area contributed by atoms with Crippen molar-refractivity contribution in [3.63, 3.8) is 0 Å². The lowest BCUT2D eigenvalue weighted by Crippen LogP contribution is -2.30. The van der Waals surface area contributed by atoms with Crippen LogP contribution in [0.25, 0.3) is 0 Å². The molecule has 1 aliphatic heterocycles. The van der Waals surface area contributed by atoms with Crippen molar-refractivity contribution in [3.05, 3.63) is 71.6 Å². The minimum atomic E-state index is 0. The summed E-state index contributed by atoms with van der Waals surface area (Å²) in [5, 5.41) is 0. The van der Waals surface area contributed by atoms with E-state index in [1.165, 1.54) is 16.8 Å². The van der Waals surface area contributed by atoms with Crippen LogP contribution >= 0.6 is 12.4 Å². The fourth-order valence-electron chi connectivity index (χ4n) is 2.79. The Labute approximate surface area is 148 Å². The summed E-state index contributed by atoms with van der Waals surface area (Å²) < 4.78 is 18.1. The van der Waals surface area contributed by atoms with Gasteiger partial charge in [-0.15, -0.1) is 12.4 Å². The molecule has 1 aliphatic rings. The quantitative estimate of drug-likeness (QED) is 0.891. The van der Waals surface area contributed by atoms with Gasteiger partial charge in [0.25, 0.3) is 0 Å². The van der Waals surface area contributed by atoms with Crippen LogP contribution < -0.4 is 15.4 Å². The van der Waals surface area contributed by atoms with Gasteiger partial charge >= 0.3 is 0 Å². The molecule has 0 fully saturated rings. The lowest BCUT2D eigenvalue weighted by Gasteiger charge is -2.31. The van der Waals surface area contributed by atoms with Crippen molar-refractivity contribution in [3.8, 4) is 5.75 Å². The maximum absolute atomic E-state index is 12.5. The second kappa shape index (κ2) is 8.71. The highest BCUT2D eigenvalue weighted by atomic mass is 35.5. The first-order chi connectivity index (χ1) is 11.3. The first kappa shape index (κ1) is 18.3. The highest BCUT2D eigenvalue weighted by molar-refractivity contribution is 5.85. The molecule has 0 aromatic heterocycles. The summed E-state index contributed by atoms with van der Waals surface area (Å²) in [6.45, 7) is 2.26. The Morgan fingerprint density at radius 2 is 1.96 bits per heavy atom. The van der Waals surface area contributed by atoms with Crippen molar-refractivity contribution in [2.24, 2.45) is 5.73 Å². The van der Waals surface area contributed by atoms with E-state index in [2.05, 4.69) is 41.3 Å². The molecule has 2 aromatic rings. The lowest BCUT2D eigenvalue weighted by atomic mass is 9.99. The van der Waals surface area contributed by atoms with E-state index in [-0.39, 0.29) is 25.6 Å². The number of anilines is 1. The number of nitrogens with zero attached hydrogens (tertiary/aromatic N) is 1. The number of hydrogen-bond acceptors (Lipinski definition) is 3. The Morgan fingerprint density at radius 3 is 2.67 bits per heavy atom. The van der Waals surface area contributed by atoms with Gasteiger partial charge in [0.1, 0.15) is 12.4 Å². The molecule has 0 atom stereocenters. The predicted octanol–water partition coefficient (Wildman–Crippen LogP) is 3.86. The van der Waals surface area contributed by atoms with Gasteiger partial charge in [-0.1, -0.05) is 24.3 Å². The summed E-state index contributed by atoms with van der Waals surface area (Å²) in [4.78, 5) is 2.38. The zero-order valence-corrected chi connectivity index (χ0v) is 14.3. The standard InChI is InChI=1S/C19H21FN2O.ClH/c20-11-15(12-21)14-23-19-7-6-17-13-22(9-8-16(17)10-19)18-4-2-1-3-5-18;/h1-7,10-11H,8-9,12-14,21H2;1H/b15-11-;. The fraction of sp³-hybridized carbons (Fsp3) is 0.263. The van der Waals surface area contributed by atoms with Crippen molar-refractivity contribution >= 4 is 18.1 Å². The normalized spacial score (nSPS) is 13.9. The molecule has 0 radical (unpaired) electrons. The second-order valence-electron chi connectivity index (χ2n) is 5.70. The number of rotatable bonds is 5. The minimum Gasteiger partial charge on any atom is -0.489 e. The average Bonchev–Trinajstić information content (AvgIpc) is 2.63. The van der Waals surface area contributed by atoms with E-state index in [0.29, 0.717) is 11.9 Å². The molecule has 3 nitrogen and oxygen atoms in total. The number of benzene rings is 2. The van der Waals surface area contributed by atoms with Crippen LogP contribution in [-0.4, -0.2) is 19.7 Å². The van der Waals surface area contributed by atoms with E-state index in [1.807, 2.05) is 12.1 Å². The Morgan fingerprint density at radius 1 is 1.17 bits per heavy atom. The number of fused-ring (bicyclic) bond motifs is 1. The van der Waals surface area contributed by atoms with E-state index in [0.717, 1.165) is 25.3 Å². The zero-order chi connectivity index (χ0) is 16.1. The van der Waals surface area contributed by atoms with Crippen molar-refractivity contribution in [1.82, 2.24) is 0 Å². The van der Waals surface area contributed by atoms with Crippen LogP contribution in [0.4, 0.5) is 10.1 Å². The predicted molar refractivity (Wildman–Crippen MR) is 98.6 cm³/mol. The zero-order valence-electron chi connectivity index (χ0n) is 13.5.